The highest BCUT2D eigenvalue weighted by molar-refractivity contribution is 7.47. The number of hydrogen-bond donors (Lipinski definition) is 5. The normalized spacial score (nSPS) is 15.8. The van der Waals surface area contributed by atoms with E-state index in [-0.39, 0.29) is 12.8 Å². The third kappa shape index (κ3) is 35.7. The van der Waals surface area contributed by atoms with Crippen molar-refractivity contribution in [3.8, 4) is 0 Å². The molecule has 5 atom stereocenters. The third-order valence-electron chi connectivity index (χ3n) is 8.15. The lowest BCUT2D eigenvalue weighted by atomic mass is 10.00. The van der Waals surface area contributed by atoms with E-state index in [4.69, 9.17) is 23.8 Å². The largest absolute Gasteiger partial charge is 0.472 e. The first-order valence-corrected chi connectivity index (χ1v) is 22.2. The Balaban J connectivity index is 4.64. The Kier molecular flexibility index (Phi) is 31.5. The molecule has 0 spiro atoms. The van der Waals surface area contributed by atoms with Gasteiger partial charge in [-0.15, -0.1) is 0 Å². The molecule has 5 N–H and O–H groups in total. The van der Waals surface area contributed by atoms with Gasteiger partial charge in [-0.25, -0.2) is 9.13 Å². The highest BCUT2D eigenvalue weighted by Crippen LogP contribution is 2.43. The maximum Gasteiger partial charge on any atom is 0.472 e. The number of rotatable bonds is 35. The average molecular weight is 799 g/mol. The second-order valence-corrected chi connectivity index (χ2v) is 16.0. The van der Waals surface area contributed by atoms with Crippen LogP contribution < -0.4 is 0 Å². The topological polar surface area (TPSA) is 216 Å². The molecule has 310 valence electrons. The van der Waals surface area contributed by atoms with Gasteiger partial charge in [0.1, 0.15) is 12.7 Å². The van der Waals surface area contributed by atoms with Crippen LogP contribution in [0.3, 0.4) is 0 Å². The molecule has 14 nitrogen and oxygen atoms in total. The summed E-state index contributed by atoms with van der Waals surface area (Å²) in [5, 5.41) is 19.6. The van der Waals surface area contributed by atoms with Gasteiger partial charge in [0.15, 0.2) is 6.10 Å². The second kappa shape index (κ2) is 32.5. The fourth-order valence-electron chi connectivity index (χ4n) is 4.83. The van der Waals surface area contributed by atoms with Crippen molar-refractivity contribution in [1.82, 2.24) is 0 Å². The summed E-state index contributed by atoms with van der Waals surface area (Å²) in [6, 6.07) is 0. The number of aliphatic hydroxyl groups is 2. The Hall–Kier alpha value is -1.70. The van der Waals surface area contributed by atoms with Crippen LogP contribution in [0.1, 0.15) is 136 Å². The van der Waals surface area contributed by atoms with Crippen molar-refractivity contribution < 1.29 is 66.7 Å². The van der Waals surface area contributed by atoms with E-state index in [1.165, 1.54) is 19.3 Å². The molecule has 0 aromatic rings. The summed E-state index contributed by atoms with van der Waals surface area (Å²) >= 11 is 0. The van der Waals surface area contributed by atoms with E-state index in [0.717, 1.165) is 70.1 Å². The maximum atomic E-state index is 12.6. The van der Waals surface area contributed by atoms with E-state index in [1.54, 1.807) is 6.08 Å². The van der Waals surface area contributed by atoms with Crippen LogP contribution in [0.4, 0.5) is 0 Å². The van der Waals surface area contributed by atoms with E-state index < -0.39 is 72.3 Å². The van der Waals surface area contributed by atoms with Crippen LogP contribution >= 0.6 is 15.6 Å². The van der Waals surface area contributed by atoms with Gasteiger partial charge in [-0.05, 0) is 44.4 Å². The summed E-state index contributed by atoms with van der Waals surface area (Å²) in [7, 11) is -9.68. The number of carbonyl (C=O) groups excluding carboxylic acids is 2. The van der Waals surface area contributed by atoms with Gasteiger partial charge in [0.25, 0.3) is 0 Å². The Morgan fingerprint density at radius 2 is 1.26 bits per heavy atom. The van der Waals surface area contributed by atoms with Crippen molar-refractivity contribution in [2.45, 2.75) is 155 Å². The molecule has 0 aliphatic carbocycles. The van der Waals surface area contributed by atoms with Crippen molar-refractivity contribution in [3.05, 3.63) is 36.5 Å². The first-order chi connectivity index (χ1) is 25.2. The molecule has 0 saturated heterocycles. The molecule has 0 saturated carbocycles. The molecule has 0 rings (SSSR count). The lowest BCUT2D eigenvalue weighted by Crippen LogP contribution is -2.30. The molecule has 3 unspecified atom stereocenters. The van der Waals surface area contributed by atoms with Crippen molar-refractivity contribution >= 4 is 27.6 Å². The predicted molar refractivity (Wildman–Crippen MR) is 204 cm³/mol. The van der Waals surface area contributed by atoms with Crippen LogP contribution in [0.25, 0.3) is 0 Å². The van der Waals surface area contributed by atoms with Gasteiger partial charge < -0.3 is 34.4 Å². The van der Waals surface area contributed by atoms with Gasteiger partial charge >= 0.3 is 27.6 Å². The van der Waals surface area contributed by atoms with Crippen molar-refractivity contribution in [2.75, 3.05) is 26.4 Å². The lowest BCUT2D eigenvalue weighted by Gasteiger charge is -2.20. The van der Waals surface area contributed by atoms with Gasteiger partial charge in [-0.2, -0.15) is 0 Å². The van der Waals surface area contributed by atoms with E-state index in [9.17, 15) is 33.8 Å². The lowest BCUT2D eigenvalue weighted by molar-refractivity contribution is -0.161. The maximum absolute atomic E-state index is 12.6. The number of aliphatic hydroxyl groups excluding tert-OH is 2. The molecule has 0 aromatic heterocycles. The molecule has 0 radical (unpaired) electrons. The van der Waals surface area contributed by atoms with Gasteiger partial charge in [-0.3, -0.25) is 23.2 Å². The third-order valence-corrected chi connectivity index (χ3v) is 9.59. The Bertz CT molecular complexity index is 1120. The van der Waals surface area contributed by atoms with Crippen LogP contribution in [0, 0.1) is 5.92 Å². The first-order valence-electron chi connectivity index (χ1n) is 19.2. The molecular formula is C37H68O14P2. The monoisotopic (exact) mass is 798 g/mol. The number of phosphoric ester groups is 2. The Morgan fingerprint density at radius 3 is 1.91 bits per heavy atom. The summed E-state index contributed by atoms with van der Waals surface area (Å²) in [5.41, 5.74) is 0. The summed E-state index contributed by atoms with van der Waals surface area (Å²) in [6.45, 7) is 3.72. The number of phosphoric acid groups is 2. The van der Waals surface area contributed by atoms with E-state index in [0.29, 0.717) is 19.3 Å². The molecule has 0 bridgehead atoms. The standard InChI is InChI=1S/C37H68O14P2/c1-4-6-18-24-33(38)25-20-15-10-8-7-9-11-16-21-26-36(40)47-30-35(31-50-53(45,46)49-29-34(39)28-48-52(42,43)44)51-37(41)27-22-17-13-12-14-19-23-32(3)5-2/h6,10,15,18,20,25,32-35,38-39H,4-5,7-9,11-14,16-17,19,21-24,26-31H2,1-3H3,(H,45,46)(H2,42,43,44)/b15-10+,18-6+,25-20+/t32?,33?,34-,35+/m0/s1. The van der Waals surface area contributed by atoms with Crippen LogP contribution in [-0.4, -0.2) is 81.6 Å². The van der Waals surface area contributed by atoms with Gasteiger partial charge in [-0.1, -0.05) is 121 Å². The zero-order chi connectivity index (χ0) is 39.8. The molecule has 0 fully saturated rings. The van der Waals surface area contributed by atoms with Crippen LogP contribution in [0.2, 0.25) is 0 Å². The zero-order valence-corrected chi connectivity index (χ0v) is 33.9. The van der Waals surface area contributed by atoms with E-state index in [1.807, 2.05) is 31.2 Å². The van der Waals surface area contributed by atoms with Crippen molar-refractivity contribution in [2.24, 2.45) is 5.92 Å². The molecule has 0 aliphatic heterocycles. The summed E-state index contributed by atoms with van der Waals surface area (Å²) in [5.74, 6) is -0.358. The number of ether oxygens (including phenoxy) is 2. The highest BCUT2D eigenvalue weighted by atomic mass is 31.2. The summed E-state index contributed by atoms with van der Waals surface area (Å²) in [4.78, 5) is 52.4. The molecular weight excluding hydrogens is 730 g/mol. The molecule has 0 aromatic carbocycles. The minimum Gasteiger partial charge on any atom is -0.462 e. The highest BCUT2D eigenvalue weighted by Gasteiger charge is 2.28. The van der Waals surface area contributed by atoms with E-state index >= 15 is 0 Å². The average Bonchev–Trinajstić information content (AvgIpc) is 3.10. The van der Waals surface area contributed by atoms with Crippen LogP contribution in [0.15, 0.2) is 36.5 Å². The SMILES string of the molecule is CC/C=C/CC(O)/C=C/C=C/CCCCCCCC(=O)OC[C@H](COP(=O)(O)OC[C@@H](O)COP(=O)(O)O)OC(=O)CCCCCCCCC(C)CC. The van der Waals surface area contributed by atoms with Gasteiger partial charge in [0.05, 0.1) is 25.9 Å². The molecule has 53 heavy (non-hydrogen) atoms. The summed E-state index contributed by atoms with van der Waals surface area (Å²) in [6.07, 6.45) is 23.6. The van der Waals surface area contributed by atoms with Crippen LogP contribution in [0.5, 0.6) is 0 Å². The smallest absolute Gasteiger partial charge is 0.462 e. The zero-order valence-electron chi connectivity index (χ0n) is 32.1. The Morgan fingerprint density at radius 1 is 0.679 bits per heavy atom. The first kappa shape index (κ1) is 51.3. The second-order valence-electron chi connectivity index (χ2n) is 13.3. The number of esters is 2. The molecule has 0 heterocycles. The number of unbranched alkanes of at least 4 members (excludes halogenated alkanes) is 10. The van der Waals surface area contributed by atoms with Crippen molar-refractivity contribution in [1.29, 1.82) is 0 Å². The molecule has 0 amide bonds. The quantitative estimate of drug-likeness (QED) is 0.0136. The van der Waals surface area contributed by atoms with Crippen LogP contribution in [-0.2, 0) is 41.8 Å². The molecule has 16 heteroatoms. The fourth-order valence-corrected chi connectivity index (χ4v) is 5.98. The minimum atomic E-state index is -4.87. The van der Waals surface area contributed by atoms with Gasteiger partial charge in [0.2, 0.25) is 0 Å². The fraction of sp³-hybridized carbons (Fsp3) is 0.784. The number of carbonyl (C=O) groups is 2. The van der Waals surface area contributed by atoms with Gasteiger partial charge in [0, 0.05) is 12.8 Å². The Labute approximate surface area is 317 Å². The number of hydrogen-bond acceptors (Lipinski definition) is 11. The molecule has 0 aliphatic rings. The predicted octanol–water partition coefficient (Wildman–Crippen LogP) is 7.77. The van der Waals surface area contributed by atoms with E-state index in [2.05, 4.69) is 29.0 Å². The number of allylic oxidation sites excluding steroid dienone is 4. The van der Waals surface area contributed by atoms with Crippen molar-refractivity contribution in [3.63, 3.8) is 0 Å². The minimum absolute atomic E-state index is 0.114. The summed E-state index contributed by atoms with van der Waals surface area (Å²) < 4.78 is 47.5.